The summed E-state index contributed by atoms with van der Waals surface area (Å²) < 4.78 is 10.8. The van der Waals surface area contributed by atoms with Gasteiger partial charge in [0, 0.05) is 18.7 Å². The number of nitrogens with zero attached hydrogens (tertiary/aromatic N) is 1. The Labute approximate surface area is 128 Å². The molecule has 118 valence electrons. The van der Waals surface area contributed by atoms with E-state index in [1.54, 1.807) is 14.2 Å². The largest absolute Gasteiger partial charge is 0.497 e. The Morgan fingerprint density at radius 3 is 2.57 bits per heavy atom. The maximum Gasteiger partial charge on any atom is 0.123 e. The molecule has 4 nitrogen and oxygen atoms in total. The molecule has 2 rings (SSSR count). The lowest BCUT2D eigenvalue weighted by Crippen LogP contribution is -2.36. The monoisotopic (exact) mass is 292 g/mol. The number of hydrogen-bond donors (Lipinski definition) is 1. The molecule has 1 fully saturated rings. The molecular weight excluding hydrogens is 264 g/mol. The molecule has 0 radical (unpaired) electrons. The number of rotatable bonds is 7. The molecule has 0 atom stereocenters. The van der Waals surface area contributed by atoms with Gasteiger partial charge in [-0.3, -0.25) is 4.90 Å². The molecule has 0 saturated carbocycles. The molecule has 0 spiro atoms. The van der Waals surface area contributed by atoms with Crippen molar-refractivity contribution in [2.45, 2.75) is 26.3 Å². The quantitative estimate of drug-likeness (QED) is 0.837. The number of hydrogen-bond acceptors (Lipinski definition) is 4. The summed E-state index contributed by atoms with van der Waals surface area (Å²) >= 11 is 0. The molecule has 1 heterocycles. The molecule has 1 aliphatic rings. The maximum atomic E-state index is 5.49. The minimum absolute atomic E-state index is 0.808. The summed E-state index contributed by atoms with van der Waals surface area (Å²) in [4.78, 5) is 2.51. The van der Waals surface area contributed by atoms with Crippen molar-refractivity contribution in [3.05, 3.63) is 23.8 Å². The smallest absolute Gasteiger partial charge is 0.123 e. The molecule has 1 aromatic rings. The summed E-state index contributed by atoms with van der Waals surface area (Å²) in [6.07, 6.45) is 2.57. The highest BCUT2D eigenvalue weighted by Crippen LogP contribution is 2.26. The van der Waals surface area contributed by atoms with Crippen molar-refractivity contribution in [2.75, 3.05) is 40.4 Å². The van der Waals surface area contributed by atoms with E-state index in [0.29, 0.717) is 0 Å². The van der Waals surface area contributed by atoms with Crippen LogP contribution in [0.15, 0.2) is 18.2 Å². The Bertz CT molecular complexity index is 431. The van der Waals surface area contributed by atoms with Gasteiger partial charge in [-0.2, -0.15) is 0 Å². The second kappa shape index (κ2) is 8.25. The van der Waals surface area contributed by atoms with Gasteiger partial charge in [0.2, 0.25) is 0 Å². The molecule has 0 aliphatic carbocycles. The lowest BCUT2D eigenvalue weighted by atomic mass is 9.97. The first-order valence-corrected chi connectivity index (χ1v) is 7.90. The number of ether oxygens (including phenoxy) is 2. The van der Waals surface area contributed by atoms with Crippen LogP contribution < -0.4 is 14.8 Å². The molecule has 0 unspecified atom stereocenters. The first-order valence-electron chi connectivity index (χ1n) is 7.90. The minimum atomic E-state index is 0.808. The van der Waals surface area contributed by atoms with Crippen LogP contribution in [0.2, 0.25) is 0 Å². The molecule has 1 aromatic carbocycles. The van der Waals surface area contributed by atoms with Crippen LogP contribution >= 0.6 is 0 Å². The predicted octanol–water partition coefficient (Wildman–Crippen LogP) is 2.53. The third-order valence-electron chi connectivity index (χ3n) is 4.30. The topological polar surface area (TPSA) is 33.7 Å². The molecule has 0 aromatic heterocycles. The van der Waals surface area contributed by atoms with Gasteiger partial charge >= 0.3 is 0 Å². The average Bonchev–Trinajstić information content (AvgIpc) is 2.55. The van der Waals surface area contributed by atoms with Gasteiger partial charge < -0.3 is 14.8 Å². The van der Waals surface area contributed by atoms with Gasteiger partial charge in [-0.25, -0.2) is 0 Å². The van der Waals surface area contributed by atoms with Crippen LogP contribution in [0.3, 0.4) is 0 Å². The first-order chi connectivity index (χ1) is 10.3. The van der Waals surface area contributed by atoms with Crippen molar-refractivity contribution < 1.29 is 9.47 Å². The van der Waals surface area contributed by atoms with Gasteiger partial charge in [0.25, 0.3) is 0 Å². The fourth-order valence-corrected chi connectivity index (χ4v) is 2.98. The molecule has 1 saturated heterocycles. The zero-order valence-electron chi connectivity index (χ0n) is 13.5. The number of benzene rings is 1. The van der Waals surface area contributed by atoms with Gasteiger partial charge in [0.15, 0.2) is 0 Å². The van der Waals surface area contributed by atoms with Crippen molar-refractivity contribution in [3.8, 4) is 11.5 Å². The lowest BCUT2D eigenvalue weighted by molar-refractivity contribution is 0.205. The Kier molecular flexibility index (Phi) is 6.33. The van der Waals surface area contributed by atoms with E-state index < -0.39 is 0 Å². The molecule has 1 N–H and O–H groups in total. The fraction of sp³-hybridized carbons (Fsp3) is 0.647. The van der Waals surface area contributed by atoms with Crippen molar-refractivity contribution in [1.29, 1.82) is 0 Å². The molecule has 4 heteroatoms. The van der Waals surface area contributed by atoms with E-state index in [1.807, 2.05) is 12.1 Å². The highest BCUT2D eigenvalue weighted by atomic mass is 16.5. The Balaban J connectivity index is 2.02. The summed E-state index contributed by atoms with van der Waals surface area (Å²) in [7, 11) is 3.44. The summed E-state index contributed by atoms with van der Waals surface area (Å²) in [6, 6.07) is 6.03. The van der Waals surface area contributed by atoms with Crippen LogP contribution in [0.4, 0.5) is 0 Å². The molecule has 1 aliphatic heterocycles. The first kappa shape index (κ1) is 16.1. The van der Waals surface area contributed by atoms with Gasteiger partial charge in [0.1, 0.15) is 11.5 Å². The molecule has 0 amide bonds. The fourth-order valence-electron chi connectivity index (χ4n) is 2.98. The second-order valence-electron chi connectivity index (χ2n) is 5.70. The number of methoxy groups -OCH3 is 2. The van der Waals surface area contributed by atoms with Crippen LogP contribution in [0, 0.1) is 5.92 Å². The Morgan fingerprint density at radius 2 is 1.95 bits per heavy atom. The van der Waals surface area contributed by atoms with Gasteiger partial charge in [-0.05, 0) is 56.6 Å². The van der Waals surface area contributed by atoms with Crippen molar-refractivity contribution >= 4 is 0 Å². The van der Waals surface area contributed by atoms with E-state index in [1.165, 1.54) is 24.9 Å². The zero-order valence-corrected chi connectivity index (χ0v) is 13.5. The lowest BCUT2D eigenvalue weighted by Gasteiger charge is -2.29. The summed E-state index contributed by atoms with van der Waals surface area (Å²) in [5, 5.41) is 3.43. The van der Waals surface area contributed by atoms with Gasteiger partial charge in [0.05, 0.1) is 14.2 Å². The summed E-state index contributed by atoms with van der Waals surface area (Å²) in [6.45, 7) is 7.69. The van der Waals surface area contributed by atoms with Crippen LogP contribution in [0.1, 0.15) is 25.3 Å². The number of piperidine rings is 1. The van der Waals surface area contributed by atoms with Crippen molar-refractivity contribution in [1.82, 2.24) is 10.2 Å². The van der Waals surface area contributed by atoms with E-state index in [2.05, 4.69) is 23.2 Å². The average molecular weight is 292 g/mol. The van der Waals surface area contributed by atoms with Crippen molar-refractivity contribution in [2.24, 2.45) is 5.92 Å². The van der Waals surface area contributed by atoms with E-state index in [4.69, 9.17) is 9.47 Å². The van der Waals surface area contributed by atoms with E-state index in [-0.39, 0.29) is 0 Å². The van der Waals surface area contributed by atoms with E-state index >= 15 is 0 Å². The zero-order chi connectivity index (χ0) is 15.1. The van der Waals surface area contributed by atoms with Crippen LogP contribution in [-0.2, 0) is 6.54 Å². The number of nitrogens with one attached hydrogen (secondary N) is 1. The minimum Gasteiger partial charge on any atom is -0.497 e. The Hall–Kier alpha value is -1.26. The highest BCUT2D eigenvalue weighted by molar-refractivity contribution is 5.40. The van der Waals surface area contributed by atoms with Crippen LogP contribution in [0.5, 0.6) is 11.5 Å². The predicted molar refractivity (Wildman–Crippen MR) is 86.1 cm³/mol. The van der Waals surface area contributed by atoms with E-state index in [9.17, 15) is 0 Å². The Morgan fingerprint density at radius 1 is 1.19 bits per heavy atom. The second-order valence-corrected chi connectivity index (χ2v) is 5.70. The van der Waals surface area contributed by atoms with Crippen LogP contribution in [0.25, 0.3) is 0 Å². The van der Waals surface area contributed by atoms with Crippen molar-refractivity contribution in [3.63, 3.8) is 0 Å². The SMILES string of the molecule is CCN(Cc1cc(OC)ccc1OC)CC1CCNCC1. The molecule has 21 heavy (non-hydrogen) atoms. The third-order valence-corrected chi connectivity index (χ3v) is 4.30. The molecular formula is C17H28N2O2. The van der Waals surface area contributed by atoms with Gasteiger partial charge in [-0.15, -0.1) is 0 Å². The maximum absolute atomic E-state index is 5.49. The van der Waals surface area contributed by atoms with E-state index in [0.717, 1.165) is 43.6 Å². The van der Waals surface area contributed by atoms with Crippen LogP contribution in [-0.4, -0.2) is 45.3 Å². The highest BCUT2D eigenvalue weighted by Gasteiger charge is 2.17. The third kappa shape index (κ3) is 4.61. The van der Waals surface area contributed by atoms with Gasteiger partial charge in [-0.1, -0.05) is 6.92 Å². The normalized spacial score (nSPS) is 16.2. The standard InChI is InChI=1S/C17H28N2O2/c1-4-19(12-14-7-9-18-10-8-14)13-15-11-16(20-2)5-6-17(15)21-3/h5-6,11,14,18H,4,7-10,12-13H2,1-3H3. The summed E-state index contributed by atoms with van der Waals surface area (Å²) in [5.74, 6) is 2.64. The molecule has 0 bridgehead atoms. The summed E-state index contributed by atoms with van der Waals surface area (Å²) in [5.41, 5.74) is 1.20.